The van der Waals surface area contributed by atoms with Crippen LogP contribution in [0.2, 0.25) is 0 Å². The number of aryl methyl sites for hydroxylation is 2. The summed E-state index contributed by atoms with van der Waals surface area (Å²) < 4.78 is 11.0. The molecule has 1 unspecified atom stereocenters. The standard InChI is InChI=1S/C27H39N3O4/c1-20(2)30(27-21(3)9-8-10-22(27)4)26(32)18-29-15-13-28(14-16-29)17-23(31)19-34-25-12-7-6-11-24(25)33-5/h6-12,20,23,31H,13-19H2,1-5H3. The Labute approximate surface area is 203 Å². The molecule has 186 valence electrons. The number of aliphatic hydroxyl groups excluding tert-OH is 1. The Bertz CT molecular complexity index is 921. The number of ether oxygens (including phenoxy) is 2. The van der Waals surface area contributed by atoms with Gasteiger partial charge in [-0.1, -0.05) is 30.3 Å². The first-order valence-corrected chi connectivity index (χ1v) is 12.1. The van der Waals surface area contributed by atoms with Crippen LogP contribution in [0.5, 0.6) is 11.5 Å². The molecule has 7 nitrogen and oxygen atoms in total. The Kier molecular flexibility index (Phi) is 9.33. The van der Waals surface area contributed by atoms with E-state index in [0.29, 0.717) is 24.6 Å². The molecule has 0 spiro atoms. The second-order valence-corrected chi connectivity index (χ2v) is 9.29. The quantitative estimate of drug-likeness (QED) is 0.577. The van der Waals surface area contributed by atoms with E-state index in [9.17, 15) is 9.90 Å². The number of benzene rings is 2. The lowest BCUT2D eigenvalue weighted by atomic mass is 10.1. The van der Waals surface area contributed by atoms with Crippen molar-refractivity contribution in [3.63, 3.8) is 0 Å². The van der Waals surface area contributed by atoms with Gasteiger partial charge in [-0.2, -0.15) is 0 Å². The number of hydrogen-bond acceptors (Lipinski definition) is 6. The molecule has 1 aliphatic rings. The Balaban J connectivity index is 1.48. The van der Waals surface area contributed by atoms with Crippen LogP contribution in [0.1, 0.15) is 25.0 Å². The molecule has 34 heavy (non-hydrogen) atoms. The van der Waals surface area contributed by atoms with E-state index in [-0.39, 0.29) is 18.6 Å². The third-order valence-electron chi connectivity index (χ3n) is 6.26. The minimum atomic E-state index is -0.599. The summed E-state index contributed by atoms with van der Waals surface area (Å²) >= 11 is 0. The predicted molar refractivity (Wildman–Crippen MR) is 136 cm³/mol. The molecule has 1 N–H and O–H groups in total. The van der Waals surface area contributed by atoms with Gasteiger partial charge in [0.25, 0.3) is 0 Å². The molecule has 0 aliphatic carbocycles. The SMILES string of the molecule is COc1ccccc1OCC(O)CN1CCN(CC(=O)N(c2c(C)cccc2C)C(C)C)CC1. The highest BCUT2D eigenvalue weighted by Gasteiger charge is 2.26. The second kappa shape index (κ2) is 12.2. The summed E-state index contributed by atoms with van der Waals surface area (Å²) in [5.41, 5.74) is 3.27. The molecule has 0 aromatic heterocycles. The largest absolute Gasteiger partial charge is 0.493 e. The van der Waals surface area contributed by atoms with E-state index < -0.39 is 6.10 Å². The van der Waals surface area contributed by atoms with Gasteiger partial charge in [-0.25, -0.2) is 0 Å². The normalized spacial score (nSPS) is 15.9. The highest BCUT2D eigenvalue weighted by atomic mass is 16.5. The first kappa shape index (κ1) is 26.0. The van der Waals surface area contributed by atoms with Crippen molar-refractivity contribution in [1.29, 1.82) is 0 Å². The minimum absolute atomic E-state index is 0.0898. The van der Waals surface area contributed by atoms with Crippen LogP contribution in [-0.2, 0) is 4.79 Å². The van der Waals surface area contributed by atoms with Crippen LogP contribution in [0.25, 0.3) is 0 Å². The number of methoxy groups -OCH3 is 1. The number of hydrogen-bond donors (Lipinski definition) is 1. The summed E-state index contributed by atoms with van der Waals surface area (Å²) in [7, 11) is 1.60. The average Bonchev–Trinajstić information content (AvgIpc) is 2.81. The van der Waals surface area contributed by atoms with E-state index in [2.05, 4.69) is 49.6 Å². The fourth-order valence-electron chi connectivity index (χ4n) is 4.53. The van der Waals surface area contributed by atoms with E-state index >= 15 is 0 Å². The van der Waals surface area contributed by atoms with Crippen LogP contribution >= 0.6 is 0 Å². The number of amides is 1. The highest BCUT2D eigenvalue weighted by molar-refractivity contribution is 5.96. The molecule has 0 radical (unpaired) electrons. The lowest BCUT2D eigenvalue weighted by Crippen LogP contribution is -2.52. The Morgan fingerprint density at radius 1 is 0.971 bits per heavy atom. The van der Waals surface area contributed by atoms with E-state index in [1.165, 1.54) is 0 Å². The number of aliphatic hydroxyl groups is 1. The van der Waals surface area contributed by atoms with Crippen LogP contribution in [0.3, 0.4) is 0 Å². The zero-order valence-corrected chi connectivity index (χ0v) is 21.2. The number of β-amino-alcohol motifs (C(OH)–C–C–N with tert-alkyl or cyclic N) is 1. The third-order valence-corrected chi connectivity index (χ3v) is 6.26. The average molecular weight is 470 g/mol. The maximum atomic E-state index is 13.3. The number of piperazine rings is 1. The third kappa shape index (κ3) is 6.72. The van der Waals surface area contributed by atoms with Crippen LogP contribution in [-0.4, -0.2) is 85.9 Å². The van der Waals surface area contributed by atoms with Crippen molar-refractivity contribution in [3.05, 3.63) is 53.6 Å². The fraction of sp³-hybridized carbons (Fsp3) is 0.519. The summed E-state index contributed by atoms with van der Waals surface area (Å²) in [6.45, 7) is 12.6. The molecule has 2 aromatic carbocycles. The molecular weight excluding hydrogens is 430 g/mol. The number of carbonyl (C=O) groups excluding carboxylic acids is 1. The van der Waals surface area contributed by atoms with Gasteiger partial charge < -0.3 is 19.5 Å². The monoisotopic (exact) mass is 469 g/mol. The molecule has 3 rings (SSSR count). The van der Waals surface area contributed by atoms with Crippen molar-refractivity contribution in [3.8, 4) is 11.5 Å². The number of carbonyl (C=O) groups is 1. The van der Waals surface area contributed by atoms with Gasteiger partial charge in [0.05, 0.1) is 13.7 Å². The molecule has 1 fully saturated rings. The summed E-state index contributed by atoms with van der Waals surface area (Å²) in [4.78, 5) is 19.7. The van der Waals surface area contributed by atoms with E-state index in [1.807, 2.05) is 35.2 Å². The van der Waals surface area contributed by atoms with Gasteiger partial charge in [-0.05, 0) is 51.0 Å². The molecule has 1 aliphatic heterocycles. The number of rotatable bonds is 10. The van der Waals surface area contributed by atoms with Crippen molar-refractivity contribution >= 4 is 11.6 Å². The molecule has 1 saturated heterocycles. The van der Waals surface area contributed by atoms with Crippen molar-refractivity contribution in [1.82, 2.24) is 9.80 Å². The smallest absolute Gasteiger partial charge is 0.241 e. The number of para-hydroxylation sites is 3. The van der Waals surface area contributed by atoms with Crippen LogP contribution in [0, 0.1) is 13.8 Å². The molecule has 2 aromatic rings. The molecule has 7 heteroatoms. The Hall–Kier alpha value is -2.61. The predicted octanol–water partition coefficient (Wildman–Crippen LogP) is 3.11. The van der Waals surface area contributed by atoms with E-state index in [4.69, 9.17) is 9.47 Å². The second-order valence-electron chi connectivity index (χ2n) is 9.29. The van der Waals surface area contributed by atoms with Gasteiger partial charge in [0.1, 0.15) is 12.7 Å². The topological polar surface area (TPSA) is 65.5 Å². The lowest BCUT2D eigenvalue weighted by Gasteiger charge is -2.37. The van der Waals surface area contributed by atoms with Crippen LogP contribution in [0.15, 0.2) is 42.5 Å². The summed E-state index contributed by atoms with van der Waals surface area (Å²) in [5.74, 6) is 1.42. The van der Waals surface area contributed by atoms with Crippen LogP contribution in [0.4, 0.5) is 5.69 Å². The molecular formula is C27H39N3O4. The summed E-state index contributed by atoms with van der Waals surface area (Å²) in [5, 5.41) is 10.5. The summed E-state index contributed by atoms with van der Waals surface area (Å²) in [6, 6.07) is 13.7. The molecule has 0 bridgehead atoms. The molecule has 0 saturated carbocycles. The fourth-order valence-corrected chi connectivity index (χ4v) is 4.53. The van der Waals surface area contributed by atoms with Gasteiger partial charge >= 0.3 is 0 Å². The maximum Gasteiger partial charge on any atom is 0.241 e. The van der Waals surface area contributed by atoms with Gasteiger partial charge in [-0.15, -0.1) is 0 Å². The molecule has 1 amide bonds. The molecule has 1 heterocycles. The number of nitrogens with zero attached hydrogens (tertiary/aromatic N) is 3. The Morgan fingerprint density at radius 2 is 1.56 bits per heavy atom. The van der Waals surface area contributed by atoms with E-state index in [1.54, 1.807) is 7.11 Å². The van der Waals surface area contributed by atoms with Crippen molar-refractivity contribution in [2.45, 2.75) is 39.8 Å². The van der Waals surface area contributed by atoms with Gasteiger partial charge in [-0.3, -0.25) is 14.6 Å². The zero-order valence-electron chi connectivity index (χ0n) is 21.2. The van der Waals surface area contributed by atoms with Gasteiger partial charge in [0.15, 0.2) is 11.5 Å². The van der Waals surface area contributed by atoms with Crippen LogP contribution < -0.4 is 14.4 Å². The highest BCUT2D eigenvalue weighted by Crippen LogP contribution is 2.27. The number of anilines is 1. The first-order chi connectivity index (χ1) is 16.3. The van der Waals surface area contributed by atoms with E-state index in [0.717, 1.165) is 43.0 Å². The van der Waals surface area contributed by atoms with Crippen molar-refractivity contribution in [2.75, 3.05) is 57.9 Å². The van der Waals surface area contributed by atoms with Crippen molar-refractivity contribution in [2.24, 2.45) is 0 Å². The summed E-state index contributed by atoms with van der Waals surface area (Å²) in [6.07, 6.45) is -0.599. The zero-order chi connectivity index (χ0) is 24.7. The maximum absolute atomic E-state index is 13.3. The van der Waals surface area contributed by atoms with Crippen molar-refractivity contribution < 1.29 is 19.4 Å². The first-order valence-electron chi connectivity index (χ1n) is 12.1. The van der Waals surface area contributed by atoms with Gasteiger partial charge in [0.2, 0.25) is 5.91 Å². The minimum Gasteiger partial charge on any atom is -0.493 e. The lowest BCUT2D eigenvalue weighted by molar-refractivity contribution is -0.120. The van der Waals surface area contributed by atoms with Gasteiger partial charge in [0, 0.05) is 44.5 Å². The Morgan fingerprint density at radius 3 is 2.15 bits per heavy atom. The molecule has 1 atom stereocenters.